The summed E-state index contributed by atoms with van der Waals surface area (Å²) in [5, 5.41) is 13.7. The molecule has 8 nitrogen and oxygen atoms in total. The Morgan fingerprint density at radius 3 is 1.35 bits per heavy atom. The van der Waals surface area contributed by atoms with Crippen LogP contribution in [0.4, 0.5) is 0 Å². The Morgan fingerprint density at radius 1 is 0.561 bits per heavy atom. The first-order valence-electron chi connectivity index (χ1n) is 24.1. The zero-order valence-corrected chi connectivity index (χ0v) is 38.2. The second-order valence-corrected chi connectivity index (χ2v) is 17.8. The number of aliphatic hydroxyl groups is 1. The SMILES string of the molecule is CCCCCCCC/C=C\CCCCCCCCCCCC(=O)NC(COP(=O)(O)OCCN)C(O)/C=C/CC/C=C/CCCCCCCCCCCCCCC. The van der Waals surface area contributed by atoms with E-state index in [1.54, 1.807) is 6.08 Å². The van der Waals surface area contributed by atoms with E-state index in [-0.39, 0.29) is 25.7 Å². The smallest absolute Gasteiger partial charge is 0.387 e. The standard InChI is InChI=1S/C48H93N2O6P/c1-3-5-7-9-11-13-15-17-19-21-23-25-27-29-31-33-35-37-39-41-47(51)46(45-56-57(53,54)55-44-43-49)50-48(52)42-40-38-36-34-32-30-28-26-24-22-20-18-16-14-12-10-8-6-4-2/h18,20,31,33,39,41,46-47,51H,3-17,19,21-30,32,34-38,40,42-45,49H2,1-2H3,(H,50,52)(H,53,54)/b20-18-,33-31+,41-39+. The van der Waals surface area contributed by atoms with Gasteiger partial charge in [0.2, 0.25) is 5.91 Å². The van der Waals surface area contributed by atoms with Crippen LogP contribution in [0.2, 0.25) is 0 Å². The topological polar surface area (TPSA) is 131 Å². The Bertz CT molecular complexity index is 990. The summed E-state index contributed by atoms with van der Waals surface area (Å²) in [6.07, 6.45) is 53.4. The molecule has 0 aliphatic heterocycles. The molecule has 0 heterocycles. The molecule has 0 aliphatic carbocycles. The zero-order chi connectivity index (χ0) is 41.8. The van der Waals surface area contributed by atoms with Crippen LogP contribution in [0.3, 0.4) is 0 Å². The first-order chi connectivity index (χ1) is 27.9. The molecule has 0 saturated heterocycles. The Hall–Kier alpha value is -1.28. The largest absolute Gasteiger partial charge is 0.472 e. The summed E-state index contributed by atoms with van der Waals surface area (Å²) in [5.74, 6) is -0.205. The van der Waals surface area contributed by atoms with Gasteiger partial charge in [-0.25, -0.2) is 4.57 Å². The molecule has 0 aromatic carbocycles. The van der Waals surface area contributed by atoms with Crippen molar-refractivity contribution in [3.05, 3.63) is 36.5 Å². The number of aliphatic hydroxyl groups excluding tert-OH is 1. The molecule has 0 radical (unpaired) electrons. The highest BCUT2D eigenvalue weighted by Gasteiger charge is 2.26. The monoisotopic (exact) mass is 825 g/mol. The number of allylic oxidation sites excluding steroid dienone is 5. The lowest BCUT2D eigenvalue weighted by Crippen LogP contribution is -2.45. The number of amides is 1. The number of hydrogen-bond donors (Lipinski definition) is 4. The molecular formula is C48H93N2O6P. The summed E-state index contributed by atoms with van der Waals surface area (Å²) in [4.78, 5) is 22.8. The third-order valence-corrected chi connectivity index (χ3v) is 11.7. The predicted molar refractivity (Wildman–Crippen MR) is 244 cm³/mol. The van der Waals surface area contributed by atoms with Crippen molar-refractivity contribution in [3.63, 3.8) is 0 Å². The van der Waals surface area contributed by atoms with Crippen LogP contribution in [0.5, 0.6) is 0 Å². The summed E-state index contributed by atoms with van der Waals surface area (Å²) in [7, 11) is -4.35. The van der Waals surface area contributed by atoms with E-state index in [1.807, 2.05) is 6.08 Å². The summed E-state index contributed by atoms with van der Waals surface area (Å²) in [6, 6.07) is -0.877. The molecular weight excluding hydrogens is 732 g/mol. The van der Waals surface area contributed by atoms with Crippen LogP contribution in [0, 0.1) is 0 Å². The van der Waals surface area contributed by atoms with Gasteiger partial charge in [-0.15, -0.1) is 0 Å². The predicted octanol–water partition coefficient (Wildman–Crippen LogP) is 13.9. The van der Waals surface area contributed by atoms with Gasteiger partial charge >= 0.3 is 7.82 Å². The molecule has 336 valence electrons. The van der Waals surface area contributed by atoms with Crippen molar-refractivity contribution in [3.8, 4) is 0 Å². The van der Waals surface area contributed by atoms with Crippen molar-refractivity contribution in [1.29, 1.82) is 0 Å². The summed E-state index contributed by atoms with van der Waals surface area (Å²) in [5.41, 5.74) is 5.38. The molecule has 0 aliphatic rings. The second kappa shape index (κ2) is 44.3. The number of carbonyl (C=O) groups is 1. The van der Waals surface area contributed by atoms with E-state index in [1.165, 1.54) is 173 Å². The van der Waals surface area contributed by atoms with Crippen molar-refractivity contribution < 1.29 is 28.4 Å². The van der Waals surface area contributed by atoms with Gasteiger partial charge in [0.05, 0.1) is 25.4 Å². The van der Waals surface area contributed by atoms with Gasteiger partial charge in [-0.3, -0.25) is 13.8 Å². The van der Waals surface area contributed by atoms with Crippen molar-refractivity contribution in [2.24, 2.45) is 5.73 Å². The molecule has 5 N–H and O–H groups in total. The highest BCUT2D eigenvalue weighted by Crippen LogP contribution is 2.43. The average Bonchev–Trinajstić information content (AvgIpc) is 3.20. The van der Waals surface area contributed by atoms with Crippen LogP contribution in [0.1, 0.15) is 232 Å². The second-order valence-electron chi connectivity index (χ2n) is 16.3. The van der Waals surface area contributed by atoms with Gasteiger partial charge in [-0.2, -0.15) is 0 Å². The number of nitrogens with two attached hydrogens (primary N) is 1. The fraction of sp³-hybridized carbons (Fsp3) is 0.854. The van der Waals surface area contributed by atoms with E-state index in [2.05, 4.69) is 43.5 Å². The lowest BCUT2D eigenvalue weighted by Gasteiger charge is -2.23. The van der Waals surface area contributed by atoms with E-state index < -0.39 is 20.0 Å². The molecule has 0 spiro atoms. The number of rotatable bonds is 45. The minimum Gasteiger partial charge on any atom is -0.387 e. The van der Waals surface area contributed by atoms with Crippen molar-refractivity contribution in [2.75, 3.05) is 19.8 Å². The van der Waals surface area contributed by atoms with E-state index in [0.29, 0.717) is 6.42 Å². The molecule has 0 bridgehead atoms. The minimum absolute atomic E-state index is 0.0739. The number of phosphoric ester groups is 1. The Morgan fingerprint density at radius 2 is 0.930 bits per heavy atom. The number of hydrogen-bond acceptors (Lipinski definition) is 6. The van der Waals surface area contributed by atoms with E-state index in [9.17, 15) is 19.4 Å². The first-order valence-corrected chi connectivity index (χ1v) is 25.6. The Balaban J connectivity index is 4.19. The summed E-state index contributed by atoms with van der Waals surface area (Å²) < 4.78 is 22.2. The molecule has 3 atom stereocenters. The van der Waals surface area contributed by atoms with Gasteiger partial charge in [-0.1, -0.05) is 204 Å². The molecule has 0 aromatic rings. The maximum absolute atomic E-state index is 12.8. The van der Waals surface area contributed by atoms with Crippen LogP contribution in [-0.2, 0) is 18.4 Å². The van der Waals surface area contributed by atoms with Gasteiger partial charge in [0, 0.05) is 13.0 Å². The third kappa shape index (κ3) is 42.6. The Labute approximate surface area is 352 Å². The normalized spacial score (nSPS) is 14.3. The lowest BCUT2D eigenvalue weighted by molar-refractivity contribution is -0.123. The fourth-order valence-corrected chi connectivity index (χ4v) is 7.79. The molecule has 0 saturated carbocycles. The Kier molecular flexibility index (Phi) is 43.3. The highest BCUT2D eigenvalue weighted by atomic mass is 31.2. The van der Waals surface area contributed by atoms with Crippen molar-refractivity contribution in [1.82, 2.24) is 5.32 Å². The van der Waals surface area contributed by atoms with Gasteiger partial charge in [0.15, 0.2) is 0 Å². The van der Waals surface area contributed by atoms with E-state index in [0.717, 1.165) is 38.5 Å². The van der Waals surface area contributed by atoms with Crippen LogP contribution in [0.15, 0.2) is 36.5 Å². The van der Waals surface area contributed by atoms with Crippen molar-refractivity contribution in [2.45, 2.75) is 244 Å². The zero-order valence-electron chi connectivity index (χ0n) is 37.3. The molecule has 0 rings (SSSR count). The maximum Gasteiger partial charge on any atom is 0.472 e. The van der Waals surface area contributed by atoms with E-state index in [4.69, 9.17) is 14.8 Å². The average molecular weight is 825 g/mol. The van der Waals surface area contributed by atoms with Gasteiger partial charge in [0.25, 0.3) is 0 Å². The van der Waals surface area contributed by atoms with Gasteiger partial charge in [0.1, 0.15) is 0 Å². The number of nitrogens with one attached hydrogen (secondary N) is 1. The molecule has 57 heavy (non-hydrogen) atoms. The fourth-order valence-electron chi connectivity index (χ4n) is 7.03. The number of phosphoric acid groups is 1. The number of unbranched alkanes of at least 4 members (excludes halogenated alkanes) is 29. The molecule has 0 fully saturated rings. The quantitative estimate of drug-likeness (QED) is 0.0273. The molecule has 3 unspecified atom stereocenters. The maximum atomic E-state index is 12.8. The first kappa shape index (κ1) is 55.7. The van der Waals surface area contributed by atoms with Gasteiger partial charge < -0.3 is 21.1 Å². The minimum atomic E-state index is -4.35. The summed E-state index contributed by atoms with van der Waals surface area (Å²) >= 11 is 0. The third-order valence-electron chi connectivity index (χ3n) is 10.7. The number of carbonyl (C=O) groups excluding carboxylic acids is 1. The molecule has 0 aromatic heterocycles. The molecule has 1 amide bonds. The van der Waals surface area contributed by atoms with Crippen LogP contribution in [-0.4, -0.2) is 47.8 Å². The van der Waals surface area contributed by atoms with Crippen LogP contribution in [0.25, 0.3) is 0 Å². The summed E-state index contributed by atoms with van der Waals surface area (Å²) in [6.45, 7) is 4.13. The van der Waals surface area contributed by atoms with Crippen molar-refractivity contribution >= 4 is 13.7 Å². The molecule has 9 heteroatoms. The van der Waals surface area contributed by atoms with E-state index >= 15 is 0 Å². The lowest BCUT2D eigenvalue weighted by atomic mass is 10.0. The van der Waals surface area contributed by atoms with Crippen LogP contribution >= 0.6 is 7.82 Å². The highest BCUT2D eigenvalue weighted by molar-refractivity contribution is 7.47. The van der Waals surface area contributed by atoms with Gasteiger partial charge in [-0.05, 0) is 57.8 Å². The van der Waals surface area contributed by atoms with Crippen LogP contribution < -0.4 is 11.1 Å².